The highest BCUT2D eigenvalue weighted by atomic mass is 16.4. The zero-order valence-electron chi connectivity index (χ0n) is 12.5. The van der Waals surface area contributed by atoms with Gasteiger partial charge in [-0.3, -0.25) is 14.5 Å². The smallest absolute Gasteiger partial charge is 0.321 e. The molecule has 2 unspecified atom stereocenters. The summed E-state index contributed by atoms with van der Waals surface area (Å²) in [5.41, 5.74) is 7.76. The summed E-state index contributed by atoms with van der Waals surface area (Å²) in [5, 5.41) is 9.44. The molecule has 0 aliphatic carbocycles. The Kier molecular flexibility index (Phi) is 4.63. The molecule has 5 nitrogen and oxygen atoms in total. The van der Waals surface area contributed by atoms with Crippen molar-refractivity contribution >= 4 is 11.9 Å². The average molecular weight is 290 g/mol. The minimum absolute atomic E-state index is 0.154. The number of benzene rings is 1. The molecule has 1 fully saturated rings. The summed E-state index contributed by atoms with van der Waals surface area (Å²) in [7, 11) is 0. The summed E-state index contributed by atoms with van der Waals surface area (Å²) < 4.78 is 0. The van der Waals surface area contributed by atoms with Crippen LogP contribution < -0.4 is 5.73 Å². The first-order valence-corrected chi connectivity index (χ1v) is 7.26. The van der Waals surface area contributed by atoms with E-state index in [1.165, 1.54) is 0 Å². The SMILES string of the molecule is Cc1cc(C(N)=O)ccc1CN1CCCC(C)C1C(=O)O. The molecule has 5 heteroatoms. The molecular formula is C16H22N2O3. The van der Waals surface area contributed by atoms with Crippen LogP contribution in [-0.4, -0.2) is 34.5 Å². The van der Waals surface area contributed by atoms with E-state index in [4.69, 9.17) is 5.73 Å². The fourth-order valence-corrected chi connectivity index (χ4v) is 3.10. The molecule has 2 atom stereocenters. The Morgan fingerprint density at radius 1 is 1.43 bits per heavy atom. The minimum atomic E-state index is -0.756. The molecule has 1 saturated heterocycles. The summed E-state index contributed by atoms with van der Waals surface area (Å²) in [6.45, 7) is 5.30. The predicted octanol–water partition coefficient (Wildman–Crippen LogP) is 1.78. The van der Waals surface area contributed by atoms with Crippen molar-refractivity contribution in [1.82, 2.24) is 4.90 Å². The molecule has 1 aromatic rings. The van der Waals surface area contributed by atoms with Crippen molar-refractivity contribution in [3.05, 3.63) is 34.9 Å². The maximum Gasteiger partial charge on any atom is 0.321 e. The Hall–Kier alpha value is -1.88. The lowest BCUT2D eigenvalue weighted by Crippen LogP contribution is -2.48. The summed E-state index contributed by atoms with van der Waals surface area (Å²) in [6.07, 6.45) is 1.97. The fourth-order valence-electron chi connectivity index (χ4n) is 3.10. The molecule has 0 bridgehead atoms. The number of nitrogens with zero attached hydrogens (tertiary/aromatic N) is 1. The highest BCUT2D eigenvalue weighted by Crippen LogP contribution is 2.26. The molecule has 0 saturated carbocycles. The minimum Gasteiger partial charge on any atom is -0.480 e. The van der Waals surface area contributed by atoms with Gasteiger partial charge in [0.1, 0.15) is 6.04 Å². The Morgan fingerprint density at radius 2 is 2.14 bits per heavy atom. The van der Waals surface area contributed by atoms with Gasteiger partial charge >= 0.3 is 5.97 Å². The zero-order valence-corrected chi connectivity index (χ0v) is 12.5. The van der Waals surface area contributed by atoms with Crippen molar-refractivity contribution in [3.63, 3.8) is 0 Å². The van der Waals surface area contributed by atoms with E-state index in [9.17, 15) is 14.7 Å². The average Bonchev–Trinajstić information content (AvgIpc) is 2.40. The summed E-state index contributed by atoms with van der Waals surface area (Å²) >= 11 is 0. The topological polar surface area (TPSA) is 83.6 Å². The van der Waals surface area contributed by atoms with Crippen LogP contribution >= 0.6 is 0 Å². The second-order valence-corrected chi connectivity index (χ2v) is 5.88. The fraction of sp³-hybridized carbons (Fsp3) is 0.500. The number of primary amides is 1. The molecule has 1 aliphatic rings. The van der Waals surface area contributed by atoms with E-state index in [-0.39, 0.29) is 5.92 Å². The number of piperidine rings is 1. The third-order valence-electron chi connectivity index (χ3n) is 4.29. The normalized spacial score (nSPS) is 23.0. The Balaban J connectivity index is 2.20. The van der Waals surface area contributed by atoms with Gasteiger partial charge in [0.2, 0.25) is 5.91 Å². The third kappa shape index (κ3) is 3.42. The lowest BCUT2D eigenvalue weighted by atomic mass is 9.90. The molecule has 2 rings (SSSR count). The zero-order chi connectivity index (χ0) is 15.6. The predicted molar refractivity (Wildman–Crippen MR) is 79.9 cm³/mol. The second-order valence-electron chi connectivity index (χ2n) is 5.88. The molecular weight excluding hydrogens is 268 g/mol. The van der Waals surface area contributed by atoms with Gasteiger partial charge in [-0.15, -0.1) is 0 Å². The molecule has 3 N–H and O–H groups in total. The maximum atomic E-state index is 11.5. The van der Waals surface area contributed by atoms with Crippen LogP contribution in [0, 0.1) is 12.8 Å². The van der Waals surface area contributed by atoms with Crippen LogP contribution in [-0.2, 0) is 11.3 Å². The highest BCUT2D eigenvalue weighted by Gasteiger charge is 2.34. The van der Waals surface area contributed by atoms with Crippen molar-refractivity contribution in [2.24, 2.45) is 11.7 Å². The number of carboxylic acids is 1. The lowest BCUT2D eigenvalue weighted by Gasteiger charge is -2.37. The Labute approximate surface area is 124 Å². The van der Waals surface area contributed by atoms with Crippen LogP contribution in [0.25, 0.3) is 0 Å². The lowest BCUT2D eigenvalue weighted by molar-refractivity contribution is -0.147. The highest BCUT2D eigenvalue weighted by molar-refractivity contribution is 5.93. The molecule has 114 valence electrons. The third-order valence-corrected chi connectivity index (χ3v) is 4.29. The second kappa shape index (κ2) is 6.26. The first-order valence-electron chi connectivity index (χ1n) is 7.26. The first kappa shape index (κ1) is 15.5. The van der Waals surface area contributed by atoms with Gasteiger partial charge in [0.15, 0.2) is 0 Å². The van der Waals surface area contributed by atoms with E-state index in [0.29, 0.717) is 12.1 Å². The van der Waals surface area contributed by atoms with Gasteiger partial charge in [-0.1, -0.05) is 13.0 Å². The van der Waals surface area contributed by atoms with Crippen LogP contribution in [0.15, 0.2) is 18.2 Å². The van der Waals surface area contributed by atoms with Crippen molar-refractivity contribution < 1.29 is 14.7 Å². The van der Waals surface area contributed by atoms with Gasteiger partial charge in [0.05, 0.1) is 0 Å². The standard InChI is InChI=1S/C16H22N2O3/c1-10-4-3-7-18(14(10)16(20)21)9-13-6-5-12(15(17)19)8-11(13)2/h5-6,8,10,14H,3-4,7,9H2,1-2H3,(H2,17,19)(H,20,21). The van der Waals surface area contributed by atoms with Gasteiger partial charge in [-0.05, 0) is 55.5 Å². The van der Waals surface area contributed by atoms with Crippen molar-refractivity contribution in [3.8, 4) is 0 Å². The van der Waals surface area contributed by atoms with Crippen LogP contribution in [0.2, 0.25) is 0 Å². The summed E-state index contributed by atoms with van der Waals surface area (Å²) in [6, 6.07) is 4.90. The van der Waals surface area contributed by atoms with E-state index >= 15 is 0 Å². The van der Waals surface area contributed by atoms with Crippen molar-refractivity contribution in [1.29, 1.82) is 0 Å². The summed E-state index contributed by atoms with van der Waals surface area (Å²) in [5.74, 6) is -1.05. The molecule has 0 spiro atoms. The number of carbonyl (C=O) groups is 2. The summed E-state index contributed by atoms with van der Waals surface area (Å²) in [4.78, 5) is 24.7. The van der Waals surface area contributed by atoms with Crippen LogP contribution in [0.1, 0.15) is 41.3 Å². The first-order chi connectivity index (χ1) is 9.90. The Bertz CT molecular complexity index is 556. The Morgan fingerprint density at radius 3 is 2.71 bits per heavy atom. The van der Waals surface area contributed by atoms with E-state index < -0.39 is 17.9 Å². The van der Waals surface area contributed by atoms with Crippen molar-refractivity contribution in [2.45, 2.75) is 39.3 Å². The van der Waals surface area contributed by atoms with Crippen molar-refractivity contribution in [2.75, 3.05) is 6.54 Å². The van der Waals surface area contributed by atoms with Gasteiger partial charge in [-0.25, -0.2) is 0 Å². The molecule has 21 heavy (non-hydrogen) atoms. The number of aryl methyl sites for hydroxylation is 1. The van der Waals surface area contributed by atoms with Gasteiger partial charge in [0, 0.05) is 12.1 Å². The van der Waals surface area contributed by atoms with Crippen LogP contribution in [0.3, 0.4) is 0 Å². The van der Waals surface area contributed by atoms with Gasteiger partial charge in [0.25, 0.3) is 0 Å². The number of carbonyl (C=O) groups excluding carboxylic acids is 1. The quantitative estimate of drug-likeness (QED) is 0.885. The molecule has 0 radical (unpaired) electrons. The molecule has 0 aromatic heterocycles. The molecule has 1 heterocycles. The monoisotopic (exact) mass is 290 g/mol. The van der Waals surface area contributed by atoms with Crippen LogP contribution in [0.4, 0.5) is 0 Å². The largest absolute Gasteiger partial charge is 0.480 e. The van der Waals surface area contributed by atoms with Gasteiger partial charge in [-0.2, -0.15) is 0 Å². The number of amides is 1. The van der Waals surface area contributed by atoms with E-state index in [2.05, 4.69) is 0 Å². The van der Waals surface area contributed by atoms with Gasteiger partial charge < -0.3 is 10.8 Å². The number of likely N-dealkylation sites (tertiary alicyclic amines) is 1. The number of hydrogen-bond donors (Lipinski definition) is 2. The molecule has 1 aromatic carbocycles. The van der Waals surface area contributed by atoms with E-state index in [1.54, 1.807) is 12.1 Å². The molecule has 1 aliphatic heterocycles. The van der Waals surface area contributed by atoms with E-state index in [0.717, 1.165) is 30.5 Å². The van der Waals surface area contributed by atoms with Crippen LogP contribution in [0.5, 0.6) is 0 Å². The number of carboxylic acid groups (broad SMARTS) is 1. The number of hydrogen-bond acceptors (Lipinski definition) is 3. The number of nitrogens with two attached hydrogens (primary N) is 1. The molecule has 1 amide bonds. The maximum absolute atomic E-state index is 11.5. The van der Waals surface area contributed by atoms with E-state index in [1.807, 2.05) is 24.8 Å². The number of aliphatic carboxylic acids is 1. The number of rotatable bonds is 4.